The third-order valence-corrected chi connectivity index (χ3v) is 8.62. The molecule has 2 aromatic carbocycles. The van der Waals surface area contributed by atoms with Crippen LogP contribution in [0.4, 0.5) is 11.4 Å². The van der Waals surface area contributed by atoms with Gasteiger partial charge in [0.05, 0.1) is 37.2 Å². The summed E-state index contributed by atoms with van der Waals surface area (Å²) < 4.78 is 102. The Morgan fingerprint density at radius 3 is 1.98 bits per heavy atom. The molecule has 0 aromatic heterocycles. The summed E-state index contributed by atoms with van der Waals surface area (Å²) in [5.41, 5.74) is 0.131. The van der Waals surface area contributed by atoms with Crippen molar-refractivity contribution >= 4 is 53.4 Å². The zero-order valence-electron chi connectivity index (χ0n) is 22.3. The van der Waals surface area contributed by atoms with Crippen LogP contribution in [0, 0.1) is 13.8 Å². The number of nitrogens with one attached hydrogen (secondary N) is 1. The second-order valence-corrected chi connectivity index (χ2v) is 12.9. The quantitative estimate of drug-likeness (QED) is 0.161. The van der Waals surface area contributed by atoms with Gasteiger partial charge in [0.1, 0.15) is 22.1 Å². The minimum atomic E-state index is -4.84. The summed E-state index contributed by atoms with van der Waals surface area (Å²) in [4.78, 5) is 24.5. The molecule has 0 heterocycles. The molecule has 2 rings (SSSR count). The Kier molecular flexibility index (Phi) is 10.7. The highest BCUT2D eigenvalue weighted by Gasteiger charge is 2.26. The minimum Gasteiger partial charge on any atom is -0.495 e. The second kappa shape index (κ2) is 13.0. The first-order valence-corrected chi connectivity index (χ1v) is 15.7. The predicted molar refractivity (Wildman–Crippen MR) is 142 cm³/mol. The topological polar surface area (TPSA) is 241 Å². The van der Waals surface area contributed by atoms with Crippen LogP contribution in [0.2, 0.25) is 0 Å². The van der Waals surface area contributed by atoms with Crippen LogP contribution in [0.3, 0.4) is 0 Å². The Balaban J connectivity index is 2.39. The fourth-order valence-corrected chi connectivity index (χ4v) is 5.92. The number of nitrogens with zero attached hydrogens (tertiary/aromatic N) is 2. The summed E-state index contributed by atoms with van der Waals surface area (Å²) in [5, 5.41) is 10.1. The average Bonchev–Trinajstić information content (AvgIpc) is 2.82. The van der Waals surface area contributed by atoms with Crippen molar-refractivity contribution in [3.8, 4) is 11.5 Å². The molecular weight excluding hydrogens is 610 g/mol. The summed E-state index contributed by atoms with van der Waals surface area (Å²) in [6.07, 6.45) is 0. The summed E-state index contributed by atoms with van der Waals surface area (Å²) in [5.74, 6) is -2.74. The van der Waals surface area contributed by atoms with E-state index in [0.717, 1.165) is 19.1 Å². The number of carbonyl (C=O) groups is 2. The lowest BCUT2D eigenvalue weighted by Crippen LogP contribution is -2.32. The number of anilines is 1. The van der Waals surface area contributed by atoms with Crippen molar-refractivity contribution in [1.82, 2.24) is 0 Å². The molecule has 1 amide bonds. The van der Waals surface area contributed by atoms with Crippen LogP contribution in [0.25, 0.3) is 0 Å². The van der Waals surface area contributed by atoms with Gasteiger partial charge < -0.3 is 14.8 Å². The molecule has 0 saturated heterocycles. The smallest absolute Gasteiger partial charge is 0.397 e. The van der Waals surface area contributed by atoms with E-state index in [0.29, 0.717) is 0 Å². The number of hydrogen-bond donors (Lipinski definition) is 3. The number of hydrogen-bond acceptors (Lipinski definition) is 13. The maximum absolute atomic E-state index is 12.9. The Labute approximate surface area is 236 Å². The number of rotatable bonds is 13. The lowest BCUT2D eigenvalue weighted by atomic mass is 10.1. The van der Waals surface area contributed by atoms with Gasteiger partial charge in [-0.3, -0.25) is 18.7 Å². The van der Waals surface area contributed by atoms with E-state index in [1.54, 1.807) is 0 Å². The van der Waals surface area contributed by atoms with Crippen molar-refractivity contribution < 1.29 is 57.6 Å². The number of methoxy groups -OCH3 is 2. The number of amides is 1. The normalized spacial score (nSPS) is 13.1. The van der Waals surface area contributed by atoms with Gasteiger partial charge >= 0.3 is 10.4 Å². The predicted octanol–water partition coefficient (Wildman–Crippen LogP) is 1.84. The molecular formula is C22H27N3O13S3. The van der Waals surface area contributed by atoms with E-state index < -0.39 is 65.3 Å². The maximum Gasteiger partial charge on any atom is 0.397 e. The molecule has 0 aliphatic rings. The highest BCUT2D eigenvalue weighted by atomic mass is 32.3. The molecule has 0 aliphatic heterocycles. The molecule has 1 unspecified atom stereocenters. The lowest BCUT2D eigenvalue weighted by Gasteiger charge is -2.15. The third kappa shape index (κ3) is 9.00. The first-order chi connectivity index (χ1) is 18.8. The number of ether oxygens (including phenoxy) is 2. The first-order valence-electron chi connectivity index (χ1n) is 11.2. The molecule has 226 valence electrons. The average molecular weight is 638 g/mol. The summed E-state index contributed by atoms with van der Waals surface area (Å²) >= 11 is 0. The zero-order chi connectivity index (χ0) is 31.3. The van der Waals surface area contributed by atoms with Gasteiger partial charge in [-0.25, -0.2) is 12.6 Å². The molecule has 41 heavy (non-hydrogen) atoms. The van der Waals surface area contributed by atoms with Gasteiger partial charge in [-0.15, -0.1) is 0 Å². The molecule has 0 radical (unpaired) electrons. The van der Waals surface area contributed by atoms with Crippen LogP contribution >= 0.6 is 0 Å². The number of Topliss-reactive ketones (excluding diaryl/α,β-unsaturated/α-hetero) is 1. The Morgan fingerprint density at radius 1 is 0.902 bits per heavy atom. The van der Waals surface area contributed by atoms with Crippen LogP contribution < -0.4 is 14.8 Å². The number of carbonyl (C=O) groups excluding carboxylic acids is 2. The molecule has 0 spiro atoms. The molecule has 16 nitrogen and oxygen atoms in total. The van der Waals surface area contributed by atoms with E-state index in [2.05, 4.69) is 19.7 Å². The number of azo groups is 1. The van der Waals surface area contributed by atoms with Gasteiger partial charge in [0.15, 0.2) is 15.6 Å². The number of aryl methyl sites for hydroxylation is 2. The highest BCUT2D eigenvalue weighted by molar-refractivity contribution is 7.91. The van der Waals surface area contributed by atoms with E-state index in [9.17, 15) is 39.4 Å². The summed E-state index contributed by atoms with van der Waals surface area (Å²) in [6.45, 7) is 2.98. The minimum absolute atomic E-state index is 0.0233. The Morgan fingerprint density at radius 2 is 1.46 bits per heavy atom. The van der Waals surface area contributed by atoms with E-state index in [4.69, 9.17) is 14.0 Å². The van der Waals surface area contributed by atoms with Crippen LogP contribution in [0.1, 0.15) is 18.1 Å². The molecule has 0 saturated carbocycles. The molecule has 2 aromatic rings. The molecule has 0 bridgehead atoms. The molecule has 0 aliphatic carbocycles. The van der Waals surface area contributed by atoms with Crippen LogP contribution in [-0.2, 0) is 44.1 Å². The zero-order valence-corrected chi connectivity index (χ0v) is 24.8. The molecule has 1 atom stereocenters. The number of ketones is 1. The Bertz CT molecular complexity index is 1700. The third-order valence-electron chi connectivity index (χ3n) is 5.34. The molecule has 19 heteroatoms. The van der Waals surface area contributed by atoms with Gasteiger partial charge in [-0.2, -0.15) is 27.1 Å². The van der Waals surface area contributed by atoms with Gasteiger partial charge in [0.2, 0.25) is 6.04 Å². The van der Waals surface area contributed by atoms with Gasteiger partial charge in [0.25, 0.3) is 16.0 Å². The van der Waals surface area contributed by atoms with Gasteiger partial charge in [0, 0.05) is 12.1 Å². The summed E-state index contributed by atoms with van der Waals surface area (Å²) in [6, 6.07) is 2.82. The molecule has 0 fully saturated rings. The fourth-order valence-electron chi connectivity index (χ4n) is 3.44. The number of sulfone groups is 1. The fraction of sp³-hybridized carbons (Fsp3) is 0.364. The van der Waals surface area contributed by atoms with Crippen LogP contribution in [-0.4, -0.2) is 78.7 Å². The van der Waals surface area contributed by atoms with Crippen molar-refractivity contribution in [1.29, 1.82) is 0 Å². The van der Waals surface area contributed by atoms with E-state index in [1.165, 1.54) is 40.2 Å². The number of benzene rings is 2. The van der Waals surface area contributed by atoms with Gasteiger partial charge in [-0.05, 0) is 44.0 Å². The van der Waals surface area contributed by atoms with E-state index >= 15 is 0 Å². The Hall–Kier alpha value is -3.49. The van der Waals surface area contributed by atoms with Crippen molar-refractivity contribution in [2.75, 3.05) is 31.9 Å². The maximum atomic E-state index is 12.9. The largest absolute Gasteiger partial charge is 0.495 e. The van der Waals surface area contributed by atoms with Crippen LogP contribution in [0.15, 0.2) is 44.3 Å². The SMILES string of the molecule is COc1cc(S(=O)(=O)CCOS(=O)(=O)O)c(C)cc1N=NC(C(C)=O)C(=O)Nc1cc(C)c(S(=O)(=O)O)cc1OC. The molecule has 3 N–H and O–H groups in total. The lowest BCUT2D eigenvalue weighted by molar-refractivity contribution is -0.126. The van der Waals surface area contributed by atoms with Crippen molar-refractivity contribution in [3.63, 3.8) is 0 Å². The summed E-state index contributed by atoms with van der Waals surface area (Å²) in [7, 11) is -11.2. The van der Waals surface area contributed by atoms with E-state index in [1.807, 2.05) is 0 Å². The van der Waals surface area contributed by atoms with Crippen LogP contribution in [0.5, 0.6) is 11.5 Å². The second-order valence-electron chi connectivity index (χ2n) is 8.37. The van der Waals surface area contributed by atoms with Crippen molar-refractivity contribution in [3.05, 3.63) is 35.4 Å². The standard InChI is InChI=1S/C22H27N3O13S3/c1-12-9-16(18(37-5)10-19(12)39(28,29)7-6-38-41(33,34)35)24-25-21(14(3)26)22(27)23-15-8-13(2)20(40(30,31)32)11-17(15)36-4/h8-11,21H,6-7H2,1-5H3,(H,23,27)(H,30,31,32)(H,33,34,35). The van der Waals surface area contributed by atoms with Crippen molar-refractivity contribution in [2.24, 2.45) is 10.2 Å². The van der Waals surface area contributed by atoms with Gasteiger partial charge in [-0.1, -0.05) is 0 Å². The van der Waals surface area contributed by atoms with Crippen molar-refractivity contribution in [2.45, 2.75) is 36.6 Å². The monoisotopic (exact) mass is 637 g/mol. The van der Waals surface area contributed by atoms with E-state index in [-0.39, 0.29) is 38.9 Å². The first kappa shape index (κ1) is 33.7. The highest BCUT2D eigenvalue weighted by Crippen LogP contribution is 2.34.